The van der Waals surface area contributed by atoms with Crippen molar-refractivity contribution >= 4 is 63.8 Å². The van der Waals surface area contributed by atoms with Crippen LogP contribution in [0.1, 0.15) is 29.3 Å². The summed E-state index contributed by atoms with van der Waals surface area (Å²) < 4.78 is 10.6. The number of nitrogens with one attached hydrogen (secondary N) is 1. The van der Waals surface area contributed by atoms with Gasteiger partial charge in [-0.1, -0.05) is 30.7 Å². The van der Waals surface area contributed by atoms with Crippen LogP contribution < -0.4 is 10.1 Å². The third-order valence-corrected chi connectivity index (χ3v) is 6.65. The lowest BCUT2D eigenvalue weighted by Gasteiger charge is -2.13. The summed E-state index contributed by atoms with van der Waals surface area (Å²) in [5.41, 5.74) is 0.749. The molecule has 1 fully saturated rings. The minimum Gasteiger partial charge on any atom is -0.462 e. The SMILES string of the molecule is CCCOC(=O)c1cc(NC(=O)CN2C(=O)S/C(=C\c3ccc(Oc4ccc([N+](=O)[O-])cn4)cc3)C2=O)ccc1Cl. The standard InChI is InChI=1S/C27H21ClN4O8S/c1-2-11-39-26(35)20-13-17(5-9-21(20)28)30-23(33)15-31-25(34)22(41-27(31)36)12-16-3-7-19(8-4-16)40-24-10-6-18(14-29-24)32(37)38/h3-10,12-14H,2,11,15H2,1H3,(H,30,33)/b22-12-. The summed E-state index contributed by atoms with van der Waals surface area (Å²) in [7, 11) is 0. The molecule has 2 aromatic carbocycles. The molecule has 0 atom stereocenters. The fraction of sp³-hybridized carbons (Fsp3) is 0.148. The number of nitrogens with zero attached hydrogens (tertiary/aromatic N) is 3. The Morgan fingerprint density at radius 2 is 1.90 bits per heavy atom. The second-order valence-corrected chi connectivity index (χ2v) is 9.83. The van der Waals surface area contributed by atoms with E-state index in [1.54, 1.807) is 24.3 Å². The molecule has 0 radical (unpaired) electrons. The maximum Gasteiger partial charge on any atom is 0.339 e. The number of halogens is 1. The normalized spacial score (nSPS) is 13.8. The van der Waals surface area contributed by atoms with E-state index in [9.17, 15) is 29.3 Å². The topological polar surface area (TPSA) is 158 Å². The van der Waals surface area contributed by atoms with Crippen LogP contribution in [0.25, 0.3) is 6.08 Å². The molecule has 2 heterocycles. The summed E-state index contributed by atoms with van der Waals surface area (Å²) in [5.74, 6) is -1.35. The van der Waals surface area contributed by atoms with Gasteiger partial charge >= 0.3 is 5.97 Å². The summed E-state index contributed by atoms with van der Waals surface area (Å²) in [6.45, 7) is 1.53. The monoisotopic (exact) mass is 596 g/mol. The Morgan fingerprint density at radius 1 is 1.15 bits per heavy atom. The van der Waals surface area contributed by atoms with Gasteiger partial charge in [-0.05, 0) is 60.2 Å². The first-order valence-electron chi connectivity index (χ1n) is 12.0. The molecule has 0 bridgehead atoms. The lowest BCUT2D eigenvalue weighted by Crippen LogP contribution is -2.36. The fourth-order valence-corrected chi connectivity index (χ4v) is 4.49. The van der Waals surface area contributed by atoms with Gasteiger partial charge in [0.05, 0.1) is 27.0 Å². The minimum absolute atomic E-state index is 0.0763. The van der Waals surface area contributed by atoms with Gasteiger partial charge in [-0.15, -0.1) is 0 Å². The summed E-state index contributed by atoms with van der Waals surface area (Å²) in [5, 5.41) is 12.8. The number of ether oxygens (including phenoxy) is 2. The maximum atomic E-state index is 12.9. The molecule has 41 heavy (non-hydrogen) atoms. The van der Waals surface area contributed by atoms with Crippen LogP contribution in [0.4, 0.5) is 16.2 Å². The molecule has 0 saturated carbocycles. The van der Waals surface area contributed by atoms with Gasteiger partial charge in [0, 0.05) is 17.8 Å². The van der Waals surface area contributed by atoms with Crippen molar-refractivity contribution in [2.75, 3.05) is 18.5 Å². The lowest BCUT2D eigenvalue weighted by atomic mass is 10.2. The van der Waals surface area contributed by atoms with Gasteiger partial charge in [0.15, 0.2) is 0 Å². The van der Waals surface area contributed by atoms with Crippen molar-refractivity contribution in [3.63, 3.8) is 0 Å². The average Bonchev–Trinajstić information content (AvgIpc) is 3.21. The number of carbonyl (C=O) groups excluding carboxylic acids is 4. The number of thioether (sulfide) groups is 1. The van der Waals surface area contributed by atoms with E-state index in [-0.39, 0.29) is 39.4 Å². The number of amides is 3. The number of hydrogen-bond donors (Lipinski definition) is 1. The van der Waals surface area contributed by atoms with E-state index >= 15 is 0 Å². The van der Waals surface area contributed by atoms with Crippen molar-refractivity contribution in [1.29, 1.82) is 0 Å². The summed E-state index contributed by atoms with van der Waals surface area (Å²) >= 11 is 6.77. The van der Waals surface area contributed by atoms with Crippen molar-refractivity contribution in [2.45, 2.75) is 13.3 Å². The van der Waals surface area contributed by atoms with Crippen molar-refractivity contribution in [2.24, 2.45) is 0 Å². The molecule has 0 unspecified atom stereocenters. The molecule has 14 heteroatoms. The zero-order valence-electron chi connectivity index (χ0n) is 21.4. The molecule has 0 aliphatic carbocycles. The number of benzene rings is 2. The first-order valence-corrected chi connectivity index (χ1v) is 13.2. The Morgan fingerprint density at radius 3 is 2.56 bits per heavy atom. The second kappa shape index (κ2) is 13.1. The first-order chi connectivity index (χ1) is 19.6. The highest BCUT2D eigenvalue weighted by atomic mass is 35.5. The highest BCUT2D eigenvalue weighted by Crippen LogP contribution is 2.33. The van der Waals surface area contributed by atoms with E-state index in [1.165, 1.54) is 36.4 Å². The van der Waals surface area contributed by atoms with Crippen LogP contribution in [0.15, 0.2) is 65.7 Å². The molecule has 3 amide bonds. The number of nitro groups is 1. The molecule has 1 saturated heterocycles. The highest BCUT2D eigenvalue weighted by molar-refractivity contribution is 8.18. The van der Waals surface area contributed by atoms with Gasteiger partial charge in [0.25, 0.3) is 16.8 Å². The predicted molar refractivity (Wildman–Crippen MR) is 151 cm³/mol. The molecule has 4 rings (SSSR count). The molecule has 1 aliphatic heterocycles. The second-order valence-electron chi connectivity index (χ2n) is 8.43. The van der Waals surface area contributed by atoms with Crippen LogP contribution in [-0.4, -0.2) is 51.0 Å². The third-order valence-electron chi connectivity index (χ3n) is 5.41. The minimum atomic E-state index is -0.648. The van der Waals surface area contributed by atoms with E-state index in [0.717, 1.165) is 11.1 Å². The lowest BCUT2D eigenvalue weighted by molar-refractivity contribution is -0.385. The van der Waals surface area contributed by atoms with Crippen molar-refractivity contribution in [1.82, 2.24) is 9.88 Å². The van der Waals surface area contributed by atoms with Crippen LogP contribution >= 0.6 is 23.4 Å². The largest absolute Gasteiger partial charge is 0.462 e. The van der Waals surface area contributed by atoms with Crippen LogP contribution in [0.3, 0.4) is 0 Å². The van der Waals surface area contributed by atoms with Gasteiger partial charge in [-0.2, -0.15) is 0 Å². The van der Waals surface area contributed by atoms with Gasteiger partial charge < -0.3 is 14.8 Å². The Kier molecular flexibility index (Phi) is 9.32. The van der Waals surface area contributed by atoms with Gasteiger partial charge in [-0.25, -0.2) is 9.78 Å². The third kappa shape index (κ3) is 7.47. The van der Waals surface area contributed by atoms with E-state index in [1.807, 2.05) is 6.92 Å². The number of aromatic nitrogens is 1. The Balaban J connectivity index is 1.37. The molecule has 1 aliphatic rings. The number of pyridine rings is 1. The Labute approximate surface area is 242 Å². The van der Waals surface area contributed by atoms with Crippen molar-refractivity contribution in [3.05, 3.63) is 92.0 Å². The van der Waals surface area contributed by atoms with Crippen LogP contribution in [-0.2, 0) is 14.3 Å². The number of esters is 1. The van der Waals surface area contributed by atoms with Gasteiger partial charge in [0.1, 0.15) is 18.5 Å². The molecular weight excluding hydrogens is 576 g/mol. The van der Waals surface area contributed by atoms with E-state index in [2.05, 4.69) is 10.3 Å². The zero-order valence-corrected chi connectivity index (χ0v) is 22.9. The van der Waals surface area contributed by atoms with E-state index in [4.69, 9.17) is 21.1 Å². The molecule has 12 nitrogen and oxygen atoms in total. The van der Waals surface area contributed by atoms with Crippen LogP contribution in [0.2, 0.25) is 5.02 Å². The first kappa shape index (κ1) is 29.2. The van der Waals surface area contributed by atoms with Crippen LogP contribution in [0, 0.1) is 10.1 Å². The number of anilines is 1. The number of imide groups is 1. The van der Waals surface area contributed by atoms with Crippen molar-refractivity contribution in [3.8, 4) is 11.6 Å². The summed E-state index contributed by atoms with van der Waals surface area (Å²) in [6, 6.07) is 13.4. The Hall–Kier alpha value is -4.75. The van der Waals surface area contributed by atoms with E-state index in [0.29, 0.717) is 29.5 Å². The summed E-state index contributed by atoms with van der Waals surface area (Å²) in [6.07, 6.45) is 3.22. The highest BCUT2D eigenvalue weighted by Gasteiger charge is 2.36. The molecule has 3 aromatic rings. The fourth-order valence-electron chi connectivity index (χ4n) is 3.46. The number of rotatable bonds is 10. The molecule has 210 valence electrons. The number of carbonyl (C=O) groups is 4. The molecule has 1 N–H and O–H groups in total. The Bertz CT molecular complexity index is 1540. The quantitative estimate of drug-likeness (QED) is 0.134. The van der Waals surface area contributed by atoms with E-state index < -0.39 is 34.5 Å². The predicted octanol–water partition coefficient (Wildman–Crippen LogP) is 5.68. The van der Waals surface area contributed by atoms with Crippen molar-refractivity contribution < 1.29 is 33.6 Å². The molecule has 1 aromatic heterocycles. The molecular formula is C27H21ClN4O8S. The zero-order chi connectivity index (χ0) is 29.5. The maximum absolute atomic E-state index is 12.9. The number of hydrogen-bond acceptors (Lipinski definition) is 10. The van der Waals surface area contributed by atoms with Gasteiger partial charge in [-0.3, -0.25) is 29.4 Å². The van der Waals surface area contributed by atoms with Crippen LogP contribution in [0.5, 0.6) is 11.6 Å². The average molecular weight is 597 g/mol. The summed E-state index contributed by atoms with van der Waals surface area (Å²) in [4.78, 5) is 65.1. The molecule has 0 spiro atoms. The van der Waals surface area contributed by atoms with Gasteiger partial charge in [0.2, 0.25) is 11.8 Å². The smallest absolute Gasteiger partial charge is 0.339 e.